The van der Waals surface area contributed by atoms with Gasteiger partial charge < -0.3 is 14.7 Å². The number of fused-ring (bicyclic) bond motifs is 3. The van der Waals surface area contributed by atoms with Crippen molar-refractivity contribution in [1.82, 2.24) is 14.7 Å². The highest BCUT2D eigenvalue weighted by atomic mass is 16.6. The van der Waals surface area contributed by atoms with Crippen molar-refractivity contribution in [2.45, 2.75) is 69.7 Å². The Bertz CT molecular complexity index is 838. The van der Waals surface area contributed by atoms with Gasteiger partial charge in [0.1, 0.15) is 5.60 Å². The Balaban J connectivity index is 1.60. The van der Waals surface area contributed by atoms with Gasteiger partial charge in [0.05, 0.1) is 17.3 Å². The quantitative estimate of drug-likeness (QED) is 0.850. The number of amides is 1. The highest BCUT2D eigenvalue weighted by Crippen LogP contribution is 2.46. The fourth-order valence-corrected chi connectivity index (χ4v) is 4.51. The predicted octanol–water partition coefficient (Wildman–Crippen LogP) is 3.32. The van der Waals surface area contributed by atoms with Crippen LogP contribution in [-0.2, 0) is 17.4 Å². The summed E-state index contributed by atoms with van der Waals surface area (Å²) in [5.41, 5.74) is 0.504. The largest absolute Gasteiger partial charge is 0.444 e. The number of ether oxygens (including phenoxy) is 1. The zero-order chi connectivity index (χ0) is 18.7. The smallest absolute Gasteiger partial charge is 0.410 e. The van der Waals surface area contributed by atoms with Gasteiger partial charge >= 0.3 is 6.09 Å². The van der Waals surface area contributed by atoms with Crippen molar-refractivity contribution >= 4 is 17.0 Å². The summed E-state index contributed by atoms with van der Waals surface area (Å²) in [7, 11) is 1.91. The fraction of sp³-hybridized carbons (Fsp3) is 0.600. The first-order chi connectivity index (χ1) is 12.2. The number of carbonyl (C=O) groups is 1. The maximum absolute atomic E-state index is 12.6. The maximum Gasteiger partial charge on any atom is 0.410 e. The molecule has 2 aromatic rings. The molecule has 1 amide bonds. The van der Waals surface area contributed by atoms with Crippen LogP contribution in [0, 0.1) is 0 Å². The molecule has 2 aliphatic heterocycles. The summed E-state index contributed by atoms with van der Waals surface area (Å²) in [6.07, 6.45) is 4.51. The van der Waals surface area contributed by atoms with E-state index in [1.807, 2.05) is 61.8 Å². The van der Waals surface area contributed by atoms with E-state index in [0.717, 1.165) is 29.3 Å². The van der Waals surface area contributed by atoms with Gasteiger partial charge in [-0.15, -0.1) is 0 Å². The van der Waals surface area contributed by atoms with E-state index >= 15 is 0 Å². The maximum atomic E-state index is 12.6. The van der Waals surface area contributed by atoms with Crippen LogP contribution in [0.2, 0.25) is 0 Å². The summed E-state index contributed by atoms with van der Waals surface area (Å²) in [5.74, 6) is 0. The van der Waals surface area contributed by atoms with E-state index in [4.69, 9.17) is 4.74 Å². The lowest BCUT2D eigenvalue weighted by atomic mass is 9.80. The number of nitrogens with zero attached hydrogens (tertiary/aromatic N) is 3. The van der Waals surface area contributed by atoms with Gasteiger partial charge in [0.2, 0.25) is 0 Å². The lowest BCUT2D eigenvalue weighted by Gasteiger charge is -2.44. The number of aromatic nitrogens is 2. The lowest BCUT2D eigenvalue weighted by molar-refractivity contribution is -0.0623. The van der Waals surface area contributed by atoms with Gasteiger partial charge in [-0.25, -0.2) is 4.79 Å². The molecule has 6 nitrogen and oxygen atoms in total. The van der Waals surface area contributed by atoms with Crippen LogP contribution in [-0.4, -0.2) is 43.6 Å². The molecule has 2 bridgehead atoms. The number of aryl methyl sites for hydroxylation is 1. The molecule has 3 heterocycles. The Hall–Kier alpha value is -2.08. The predicted molar refractivity (Wildman–Crippen MR) is 98.7 cm³/mol. The van der Waals surface area contributed by atoms with Gasteiger partial charge in [-0.05, 0) is 45.2 Å². The van der Waals surface area contributed by atoms with Crippen LogP contribution in [0.1, 0.15) is 52.0 Å². The number of hydrogen-bond donors (Lipinski definition) is 1. The molecule has 2 saturated heterocycles. The second kappa shape index (κ2) is 5.71. The number of piperidine rings is 1. The Labute approximate surface area is 153 Å². The van der Waals surface area contributed by atoms with E-state index < -0.39 is 11.2 Å². The molecule has 1 aromatic carbocycles. The molecule has 140 valence electrons. The molecule has 6 heteroatoms. The first-order valence-corrected chi connectivity index (χ1v) is 9.32. The van der Waals surface area contributed by atoms with Gasteiger partial charge in [-0.3, -0.25) is 4.68 Å². The zero-order valence-corrected chi connectivity index (χ0v) is 15.9. The third-order valence-electron chi connectivity index (χ3n) is 5.66. The summed E-state index contributed by atoms with van der Waals surface area (Å²) < 4.78 is 7.41. The molecule has 0 radical (unpaired) electrons. The monoisotopic (exact) mass is 357 g/mol. The van der Waals surface area contributed by atoms with Crippen molar-refractivity contribution in [1.29, 1.82) is 0 Å². The van der Waals surface area contributed by atoms with Crippen LogP contribution >= 0.6 is 0 Å². The summed E-state index contributed by atoms with van der Waals surface area (Å²) >= 11 is 0. The van der Waals surface area contributed by atoms with E-state index in [-0.39, 0.29) is 18.2 Å². The molecule has 1 aromatic heterocycles. The second-order valence-electron chi connectivity index (χ2n) is 8.75. The van der Waals surface area contributed by atoms with E-state index in [1.165, 1.54) is 0 Å². The van der Waals surface area contributed by atoms with Crippen molar-refractivity contribution in [3.8, 4) is 0 Å². The van der Waals surface area contributed by atoms with Crippen molar-refractivity contribution < 1.29 is 14.6 Å². The Morgan fingerprint density at radius 2 is 1.92 bits per heavy atom. The molecule has 0 saturated carbocycles. The van der Waals surface area contributed by atoms with Crippen LogP contribution in [0.25, 0.3) is 10.9 Å². The Kier molecular flexibility index (Phi) is 3.81. The van der Waals surface area contributed by atoms with E-state index in [1.54, 1.807) is 0 Å². The SMILES string of the molecule is Cn1ncc2ccc(C3(O)CC4CCC(C3)N4C(=O)OC(C)(C)C)cc21. The van der Waals surface area contributed by atoms with Crippen LogP contribution in [0.15, 0.2) is 24.4 Å². The molecular formula is C20H27N3O3. The minimum absolute atomic E-state index is 0.0239. The van der Waals surface area contributed by atoms with Crippen molar-refractivity contribution in [2.75, 3.05) is 0 Å². The number of hydrogen-bond acceptors (Lipinski definition) is 4. The standard InChI is InChI=1S/C20H27N3O3/c1-19(2,3)26-18(24)23-15-7-8-16(23)11-20(25,10-15)14-6-5-13-12-21-22(4)17(13)9-14/h5-6,9,12,15-16,25H,7-8,10-11H2,1-4H3. The highest BCUT2D eigenvalue weighted by molar-refractivity contribution is 5.79. The highest BCUT2D eigenvalue weighted by Gasteiger charge is 2.51. The van der Waals surface area contributed by atoms with Gasteiger partial charge in [0.15, 0.2) is 0 Å². The van der Waals surface area contributed by atoms with Crippen molar-refractivity contribution in [3.63, 3.8) is 0 Å². The third kappa shape index (κ3) is 2.86. The lowest BCUT2D eigenvalue weighted by Crippen LogP contribution is -2.53. The average molecular weight is 357 g/mol. The molecule has 26 heavy (non-hydrogen) atoms. The molecule has 0 aliphatic carbocycles. The molecule has 0 spiro atoms. The number of aliphatic hydroxyl groups is 1. The van der Waals surface area contributed by atoms with Gasteiger partial charge in [-0.1, -0.05) is 12.1 Å². The number of rotatable bonds is 1. The normalized spacial score (nSPS) is 28.6. The van der Waals surface area contributed by atoms with Gasteiger partial charge in [-0.2, -0.15) is 5.10 Å². The van der Waals surface area contributed by atoms with Crippen LogP contribution in [0.4, 0.5) is 4.79 Å². The van der Waals surface area contributed by atoms with Gasteiger partial charge in [0.25, 0.3) is 0 Å². The molecular weight excluding hydrogens is 330 g/mol. The molecule has 2 unspecified atom stereocenters. The Morgan fingerprint density at radius 1 is 1.27 bits per heavy atom. The van der Waals surface area contributed by atoms with Crippen molar-refractivity contribution in [3.05, 3.63) is 30.0 Å². The topological polar surface area (TPSA) is 67.6 Å². The van der Waals surface area contributed by atoms with E-state index in [0.29, 0.717) is 12.8 Å². The molecule has 4 rings (SSSR count). The van der Waals surface area contributed by atoms with Crippen LogP contribution in [0.3, 0.4) is 0 Å². The molecule has 2 atom stereocenters. The summed E-state index contributed by atoms with van der Waals surface area (Å²) in [6, 6.07) is 6.08. The summed E-state index contributed by atoms with van der Waals surface area (Å²) in [6.45, 7) is 5.66. The van der Waals surface area contributed by atoms with Gasteiger partial charge in [0, 0.05) is 37.4 Å². The Morgan fingerprint density at radius 3 is 2.54 bits per heavy atom. The van der Waals surface area contributed by atoms with Crippen LogP contribution in [0.5, 0.6) is 0 Å². The first-order valence-electron chi connectivity index (χ1n) is 9.32. The third-order valence-corrected chi connectivity index (χ3v) is 5.66. The van der Waals surface area contributed by atoms with Crippen molar-refractivity contribution in [2.24, 2.45) is 7.05 Å². The minimum atomic E-state index is -0.914. The van der Waals surface area contributed by atoms with E-state index in [9.17, 15) is 9.90 Å². The fourth-order valence-electron chi connectivity index (χ4n) is 4.51. The number of benzene rings is 1. The summed E-state index contributed by atoms with van der Waals surface area (Å²) in [5, 5.41) is 16.8. The van der Waals surface area contributed by atoms with E-state index in [2.05, 4.69) is 5.10 Å². The first kappa shape index (κ1) is 17.3. The average Bonchev–Trinajstić information content (AvgIpc) is 3.04. The molecule has 1 N–H and O–H groups in total. The molecule has 2 fully saturated rings. The zero-order valence-electron chi connectivity index (χ0n) is 15.9. The van der Waals surface area contributed by atoms with Crippen LogP contribution < -0.4 is 0 Å². The second-order valence-corrected chi connectivity index (χ2v) is 8.75. The minimum Gasteiger partial charge on any atom is -0.444 e. The molecule has 2 aliphatic rings. The summed E-state index contributed by atoms with van der Waals surface area (Å²) in [4.78, 5) is 14.5. The number of carbonyl (C=O) groups excluding carboxylic acids is 1.